The molecule has 13 heteroatoms. The van der Waals surface area contributed by atoms with Gasteiger partial charge in [-0.1, -0.05) is 53.4 Å². The highest BCUT2D eigenvalue weighted by molar-refractivity contribution is 6.38. The van der Waals surface area contributed by atoms with Crippen LogP contribution >= 0.6 is 0 Å². The van der Waals surface area contributed by atoms with Crippen LogP contribution in [0.2, 0.25) is 0 Å². The molecule has 0 radical (unpaired) electrons. The summed E-state index contributed by atoms with van der Waals surface area (Å²) in [7, 11) is 0. The number of hydrogen-bond acceptors (Lipinski definition) is 8. The van der Waals surface area contributed by atoms with Gasteiger partial charge in [0.25, 0.3) is 11.8 Å². The summed E-state index contributed by atoms with van der Waals surface area (Å²) >= 11 is 0. The van der Waals surface area contributed by atoms with E-state index < -0.39 is 64.9 Å². The van der Waals surface area contributed by atoms with Gasteiger partial charge in [-0.15, -0.1) is 0 Å². The number of ketones is 1. The van der Waals surface area contributed by atoms with Gasteiger partial charge in [0.15, 0.2) is 0 Å². The molecule has 0 spiro atoms. The summed E-state index contributed by atoms with van der Waals surface area (Å²) in [6, 6.07) is -3.70. The summed E-state index contributed by atoms with van der Waals surface area (Å²) in [4.78, 5) is 89.5. The highest BCUT2D eigenvalue weighted by Gasteiger charge is 2.44. The van der Waals surface area contributed by atoms with E-state index in [1.54, 1.807) is 0 Å². The molecule has 5 amide bonds. The molecule has 4 atom stereocenters. The average Bonchev–Trinajstić information content (AvgIpc) is 3.71. The second-order valence-corrected chi connectivity index (χ2v) is 13.9. The van der Waals surface area contributed by atoms with Crippen LogP contribution in [0.15, 0.2) is 18.6 Å². The molecular weight excluding hydrogens is 590 g/mol. The highest BCUT2D eigenvalue weighted by atomic mass is 16.2. The van der Waals surface area contributed by atoms with E-state index in [0.29, 0.717) is 32.2 Å². The lowest BCUT2D eigenvalue weighted by atomic mass is 9.82. The molecule has 3 fully saturated rings. The van der Waals surface area contributed by atoms with E-state index in [9.17, 15) is 28.8 Å². The number of carbonyl (C=O) groups is 6. The molecule has 252 valence electrons. The predicted octanol–water partition coefficient (Wildman–Crippen LogP) is 1.81. The molecule has 1 aliphatic heterocycles. The first-order valence-corrected chi connectivity index (χ1v) is 16.7. The van der Waals surface area contributed by atoms with Crippen LogP contribution in [0.25, 0.3) is 0 Å². The van der Waals surface area contributed by atoms with Crippen LogP contribution in [0, 0.1) is 11.3 Å². The summed E-state index contributed by atoms with van der Waals surface area (Å²) in [5.41, 5.74) is -0.639. The van der Waals surface area contributed by atoms with Gasteiger partial charge in [0.1, 0.15) is 23.8 Å². The number of nitrogens with one attached hydrogen (secondary N) is 4. The molecular formula is C33H49N7O6. The molecule has 1 saturated heterocycles. The monoisotopic (exact) mass is 639 g/mol. The Morgan fingerprint density at radius 3 is 2.24 bits per heavy atom. The molecule has 2 heterocycles. The maximum Gasteiger partial charge on any atom is 0.289 e. The van der Waals surface area contributed by atoms with Gasteiger partial charge in [0.2, 0.25) is 23.5 Å². The number of aromatic nitrogens is 2. The van der Waals surface area contributed by atoms with Gasteiger partial charge < -0.3 is 26.2 Å². The lowest BCUT2D eigenvalue weighted by molar-refractivity contribution is -0.145. The molecule has 0 aromatic carbocycles. The molecule has 0 bridgehead atoms. The fourth-order valence-corrected chi connectivity index (χ4v) is 6.31. The first-order valence-electron chi connectivity index (χ1n) is 16.7. The van der Waals surface area contributed by atoms with Crippen molar-refractivity contribution >= 4 is 35.3 Å². The Morgan fingerprint density at radius 1 is 0.913 bits per heavy atom. The number of nitrogens with zero attached hydrogens (tertiary/aromatic N) is 3. The third-order valence-corrected chi connectivity index (χ3v) is 9.07. The van der Waals surface area contributed by atoms with Crippen LogP contribution in [0.5, 0.6) is 0 Å². The number of rotatable bonds is 13. The van der Waals surface area contributed by atoms with Crippen molar-refractivity contribution in [3.05, 3.63) is 24.3 Å². The van der Waals surface area contributed by atoms with E-state index in [0.717, 1.165) is 44.9 Å². The van der Waals surface area contributed by atoms with E-state index >= 15 is 0 Å². The van der Waals surface area contributed by atoms with Crippen molar-refractivity contribution in [3.63, 3.8) is 0 Å². The van der Waals surface area contributed by atoms with Crippen molar-refractivity contribution < 1.29 is 28.8 Å². The Balaban J connectivity index is 1.48. The van der Waals surface area contributed by atoms with Crippen LogP contribution in [0.1, 0.15) is 109 Å². The van der Waals surface area contributed by atoms with E-state index in [2.05, 4.69) is 31.2 Å². The van der Waals surface area contributed by atoms with Gasteiger partial charge in [-0.2, -0.15) is 0 Å². The van der Waals surface area contributed by atoms with Crippen LogP contribution in [0.4, 0.5) is 0 Å². The third kappa shape index (κ3) is 9.10. The van der Waals surface area contributed by atoms with Gasteiger partial charge in [-0.25, -0.2) is 4.98 Å². The second-order valence-electron chi connectivity index (χ2n) is 13.9. The van der Waals surface area contributed by atoms with Gasteiger partial charge in [0, 0.05) is 25.0 Å². The number of Topliss-reactive ketones (excluding diaryl/α,β-unsaturated/α-hetero) is 1. The topological polar surface area (TPSA) is 180 Å². The maximum atomic E-state index is 14.2. The summed E-state index contributed by atoms with van der Waals surface area (Å²) in [6.07, 6.45) is 12.2. The first kappa shape index (κ1) is 35.0. The third-order valence-electron chi connectivity index (χ3n) is 9.07. The minimum Gasteiger partial charge on any atom is -0.347 e. The lowest BCUT2D eigenvalue weighted by Gasteiger charge is -2.37. The fraction of sp³-hybridized carbons (Fsp3) is 0.697. The largest absolute Gasteiger partial charge is 0.347 e. The molecule has 46 heavy (non-hydrogen) atoms. The van der Waals surface area contributed by atoms with Crippen molar-refractivity contribution in [2.45, 2.75) is 129 Å². The van der Waals surface area contributed by atoms with Crippen LogP contribution in [-0.2, 0) is 24.0 Å². The van der Waals surface area contributed by atoms with E-state index in [-0.39, 0.29) is 17.7 Å². The zero-order chi connectivity index (χ0) is 33.4. The SMILES string of the molecule is CCC[C@H](NC(=O)[C@@H]1CCCN1C(=O)[C@H](NC(=O)[C@H](NC(=O)c1cnccn1)C1CCCCC1)C(C)(C)C)C(=O)C(=O)NC1CC1. The summed E-state index contributed by atoms with van der Waals surface area (Å²) in [5, 5.41) is 11.2. The molecule has 0 unspecified atom stereocenters. The van der Waals surface area contributed by atoms with Crippen molar-refractivity contribution in [2.24, 2.45) is 11.3 Å². The van der Waals surface area contributed by atoms with Crippen molar-refractivity contribution in [3.8, 4) is 0 Å². The van der Waals surface area contributed by atoms with Crippen LogP contribution < -0.4 is 21.3 Å². The summed E-state index contributed by atoms with van der Waals surface area (Å²) < 4.78 is 0. The number of carbonyl (C=O) groups excluding carboxylic acids is 6. The lowest BCUT2D eigenvalue weighted by Crippen LogP contribution is -2.62. The molecule has 2 aliphatic carbocycles. The Kier molecular flexibility index (Phi) is 11.9. The van der Waals surface area contributed by atoms with Gasteiger partial charge in [-0.3, -0.25) is 33.8 Å². The zero-order valence-corrected chi connectivity index (χ0v) is 27.5. The molecule has 1 aromatic rings. The Bertz CT molecular complexity index is 1270. The smallest absolute Gasteiger partial charge is 0.289 e. The average molecular weight is 640 g/mol. The van der Waals surface area contributed by atoms with Crippen molar-refractivity contribution in [2.75, 3.05) is 6.54 Å². The fourth-order valence-electron chi connectivity index (χ4n) is 6.31. The predicted molar refractivity (Wildman–Crippen MR) is 169 cm³/mol. The van der Waals surface area contributed by atoms with Gasteiger partial charge >= 0.3 is 0 Å². The van der Waals surface area contributed by atoms with Crippen LogP contribution in [0.3, 0.4) is 0 Å². The van der Waals surface area contributed by atoms with Crippen molar-refractivity contribution in [1.29, 1.82) is 0 Å². The number of amides is 5. The van der Waals surface area contributed by atoms with Crippen LogP contribution in [-0.4, -0.2) is 86.9 Å². The molecule has 2 saturated carbocycles. The number of likely N-dealkylation sites (tertiary alicyclic amines) is 1. The Morgan fingerprint density at radius 2 is 1.63 bits per heavy atom. The minimum absolute atomic E-state index is 0.0139. The Labute approximate surface area is 270 Å². The summed E-state index contributed by atoms with van der Waals surface area (Å²) in [5.74, 6) is -3.38. The standard InChI is InChI=1S/C33H49N7O6/c1-5-10-22(26(41)31(45)36-21-14-15-21)37-29(43)24-13-9-18-40(24)32(46)27(33(2,3)4)39-30(44)25(20-11-7-6-8-12-20)38-28(42)23-19-34-16-17-35-23/h16-17,19-22,24-25,27H,5-15,18H2,1-4H3,(H,36,45)(H,37,43)(H,38,42)(H,39,44)/t22-,24-,25+,27-/m0/s1. The quantitative estimate of drug-likeness (QED) is 0.236. The van der Waals surface area contributed by atoms with Gasteiger partial charge in [0.05, 0.1) is 12.2 Å². The molecule has 4 N–H and O–H groups in total. The minimum atomic E-state index is -0.995. The Hall–Kier alpha value is -3.90. The number of hydrogen-bond donors (Lipinski definition) is 4. The highest BCUT2D eigenvalue weighted by Crippen LogP contribution is 2.29. The summed E-state index contributed by atoms with van der Waals surface area (Å²) in [6.45, 7) is 7.68. The maximum absolute atomic E-state index is 14.2. The van der Waals surface area contributed by atoms with E-state index in [1.165, 1.54) is 23.5 Å². The zero-order valence-electron chi connectivity index (χ0n) is 27.5. The van der Waals surface area contributed by atoms with E-state index in [4.69, 9.17) is 0 Å². The second kappa shape index (κ2) is 15.6. The van der Waals surface area contributed by atoms with Crippen molar-refractivity contribution in [1.82, 2.24) is 36.1 Å². The molecule has 3 aliphatic rings. The normalized spacial score (nSPS) is 20.6. The van der Waals surface area contributed by atoms with E-state index in [1.807, 2.05) is 27.7 Å². The molecule has 13 nitrogen and oxygen atoms in total. The van der Waals surface area contributed by atoms with Gasteiger partial charge in [-0.05, 0) is 56.3 Å². The first-order chi connectivity index (χ1) is 21.9. The molecule has 4 rings (SSSR count). The molecule has 1 aromatic heterocycles.